The molecule has 1 nitrogen and oxygen atoms in total. The molecule has 2 saturated carbocycles. The normalized spacial score (nSPS) is 42.4. The minimum atomic E-state index is 0.0622. The topological polar surface area (TPSA) is 9.23 Å². The highest BCUT2D eigenvalue weighted by Gasteiger charge is 2.48. The lowest BCUT2D eigenvalue weighted by Crippen LogP contribution is -2.45. The van der Waals surface area contributed by atoms with Crippen molar-refractivity contribution in [2.75, 3.05) is 0 Å². The van der Waals surface area contributed by atoms with Crippen LogP contribution in [0.4, 0.5) is 0 Å². The van der Waals surface area contributed by atoms with Crippen molar-refractivity contribution < 1.29 is 4.74 Å². The Kier molecular flexibility index (Phi) is 4.55. The molecule has 0 aromatic heterocycles. The summed E-state index contributed by atoms with van der Waals surface area (Å²) >= 11 is 0. The third-order valence-corrected chi connectivity index (χ3v) is 5.55. The number of ether oxygens (including phenoxy) is 1. The maximum absolute atomic E-state index is 6.78. The summed E-state index contributed by atoms with van der Waals surface area (Å²) in [4.78, 5) is 0. The number of hydrogen-bond donors (Lipinski definition) is 0. The van der Waals surface area contributed by atoms with E-state index in [1.165, 1.54) is 38.5 Å². The van der Waals surface area contributed by atoms with Gasteiger partial charge in [0.1, 0.15) is 0 Å². The first-order valence-corrected chi connectivity index (χ1v) is 7.96. The standard InChI is InChI=1S/C18H30O/c1-5-9-15-11-7-13-17(15,3)19-18(4)14-8-12-16(18)10-6-2/h5-6,15-16H,1-2,7-14H2,3-4H3. The Morgan fingerprint density at radius 2 is 1.37 bits per heavy atom. The second-order valence-electron chi connectivity index (χ2n) is 6.95. The Bertz CT molecular complexity index is 303. The van der Waals surface area contributed by atoms with E-state index in [1.807, 2.05) is 0 Å². The van der Waals surface area contributed by atoms with E-state index in [-0.39, 0.29) is 11.2 Å². The van der Waals surface area contributed by atoms with Crippen LogP contribution in [0.5, 0.6) is 0 Å². The minimum Gasteiger partial charge on any atom is -0.369 e. The maximum Gasteiger partial charge on any atom is 0.0693 e. The summed E-state index contributed by atoms with van der Waals surface area (Å²) in [6.07, 6.45) is 13.9. The van der Waals surface area contributed by atoms with Crippen LogP contribution in [0.2, 0.25) is 0 Å². The predicted octanol–water partition coefficient (Wildman–Crippen LogP) is 5.27. The first-order chi connectivity index (χ1) is 9.04. The first kappa shape index (κ1) is 14.8. The lowest BCUT2D eigenvalue weighted by molar-refractivity contribution is -0.171. The molecule has 2 aliphatic carbocycles. The number of hydrogen-bond acceptors (Lipinski definition) is 1. The molecular weight excluding hydrogens is 232 g/mol. The van der Waals surface area contributed by atoms with Gasteiger partial charge in [-0.2, -0.15) is 0 Å². The maximum atomic E-state index is 6.78. The largest absolute Gasteiger partial charge is 0.369 e. The minimum absolute atomic E-state index is 0.0622. The van der Waals surface area contributed by atoms with Crippen molar-refractivity contribution in [1.29, 1.82) is 0 Å². The molecule has 4 atom stereocenters. The fourth-order valence-corrected chi connectivity index (χ4v) is 4.36. The van der Waals surface area contributed by atoms with Gasteiger partial charge in [-0.15, -0.1) is 13.2 Å². The van der Waals surface area contributed by atoms with Crippen LogP contribution in [-0.4, -0.2) is 11.2 Å². The van der Waals surface area contributed by atoms with Crippen LogP contribution in [0, 0.1) is 11.8 Å². The summed E-state index contributed by atoms with van der Waals surface area (Å²) in [5.74, 6) is 1.32. The monoisotopic (exact) mass is 262 g/mol. The summed E-state index contributed by atoms with van der Waals surface area (Å²) in [6, 6.07) is 0. The Hall–Kier alpha value is -0.560. The molecule has 2 aliphatic rings. The average molecular weight is 262 g/mol. The third-order valence-electron chi connectivity index (χ3n) is 5.55. The van der Waals surface area contributed by atoms with E-state index in [4.69, 9.17) is 4.74 Å². The highest BCUT2D eigenvalue weighted by atomic mass is 16.5. The molecule has 0 aliphatic heterocycles. The molecule has 1 heteroatoms. The molecule has 0 bridgehead atoms. The summed E-state index contributed by atoms with van der Waals surface area (Å²) in [6.45, 7) is 12.5. The van der Waals surface area contributed by atoms with Gasteiger partial charge in [-0.3, -0.25) is 0 Å². The Labute approximate surface area is 119 Å². The van der Waals surface area contributed by atoms with Gasteiger partial charge in [0.2, 0.25) is 0 Å². The van der Waals surface area contributed by atoms with Crippen LogP contribution in [0.3, 0.4) is 0 Å². The molecular formula is C18H30O. The highest BCUT2D eigenvalue weighted by molar-refractivity contribution is 5.00. The van der Waals surface area contributed by atoms with Crippen molar-refractivity contribution in [2.24, 2.45) is 11.8 Å². The molecule has 0 heterocycles. The van der Waals surface area contributed by atoms with Crippen molar-refractivity contribution in [1.82, 2.24) is 0 Å². The molecule has 0 saturated heterocycles. The highest BCUT2D eigenvalue weighted by Crippen LogP contribution is 2.49. The van der Waals surface area contributed by atoms with Crippen LogP contribution in [0.15, 0.2) is 25.3 Å². The van der Waals surface area contributed by atoms with E-state index >= 15 is 0 Å². The summed E-state index contributed by atoms with van der Waals surface area (Å²) in [7, 11) is 0. The molecule has 0 spiro atoms. The molecule has 0 N–H and O–H groups in total. The zero-order chi connectivity index (χ0) is 13.9. The van der Waals surface area contributed by atoms with Crippen molar-refractivity contribution in [2.45, 2.75) is 76.4 Å². The van der Waals surface area contributed by atoms with Crippen LogP contribution in [0.1, 0.15) is 65.2 Å². The van der Waals surface area contributed by atoms with Gasteiger partial charge in [-0.25, -0.2) is 0 Å². The second-order valence-corrected chi connectivity index (χ2v) is 6.95. The Balaban J connectivity index is 2.09. The Morgan fingerprint density at radius 3 is 1.74 bits per heavy atom. The molecule has 2 rings (SSSR count). The van der Waals surface area contributed by atoms with E-state index in [9.17, 15) is 0 Å². The SMILES string of the molecule is C=CCC1CCCC1(C)OC1(C)CCCC1CC=C. The smallest absolute Gasteiger partial charge is 0.0693 e. The average Bonchev–Trinajstić information content (AvgIpc) is 2.86. The fraction of sp³-hybridized carbons (Fsp3) is 0.778. The Morgan fingerprint density at radius 1 is 0.947 bits per heavy atom. The van der Waals surface area contributed by atoms with Crippen molar-refractivity contribution in [3.63, 3.8) is 0 Å². The summed E-state index contributed by atoms with van der Waals surface area (Å²) in [5, 5.41) is 0. The van der Waals surface area contributed by atoms with Gasteiger partial charge in [0.05, 0.1) is 11.2 Å². The zero-order valence-electron chi connectivity index (χ0n) is 12.8. The van der Waals surface area contributed by atoms with Gasteiger partial charge in [-0.1, -0.05) is 25.0 Å². The van der Waals surface area contributed by atoms with Crippen molar-refractivity contribution >= 4 is 0 Å². The lowest BCUT2D eigenvalue weighted by atomic mass is 9.85. The molecule has 0 amide bonds. The molecule has 0 radical (unpaired) electrons. The van der Waals surface area contributed by atoms with E-state index in [0.717, 1.165) is 12.8 Å². The van der Waals surface area contributed by atoms with E-state index in [1.54, 1.807) is 0 Å². The van der Waals surface area contributed by atoms with E-state index in [0.29, 0.717) is 11.8 Å². The molecule has 19 heavy (non-hydrogen) atoms. The van der Waals surface area contributed by atoms with Crippen LogP contribution in [0.25, 0.3) is 0 Å². The molecule has 4 unspecified atom stereocenters. The van der Waals surface area contributed by atoms with Crippen molar-refractivity contribution in [3.8, 4) is 0 Å². The quantitative estimate of drug-likeness (QED) is 0.592. The summed E-state index contributed by atoms with van der Waals surface area (Å²) < 4.78 is 6.78. The van der Waals surface area contributed by atoms with E-state index in [2.05, 4.69) is 39.2 Å². The van der Waals surface area contributed by atoms with Crippen LogP contribution >= 0.6 is 0 Å². The van der Waals surface area contributed by atoms with Gasteiger partial charge in [-0.05, 0) is 64.2 Å². The zero-order valence-corrected chi connectivity index (χ0v) is 12.8. The van der Waals surface area contributed by atoms with Gasteiger partial charge >= 0.3 is 0 Å². The molecule has 2 fully saturated rings. The number of rotatable bonds is 6. The van der Waals surface area contributed by atoms with Gasteiger partial charge < -0.3 is 4.74 Å². The van der Waals surface area contributed by atoms with E-state index < -0.39 is 0 Å². The molecule has 0 aromatic rings. The summed E-state index contributed by atoms with van der Waals surface area (Å²) in [5.41, 5.74) is 0.124. The third kappa shape index (κ3) is 2.97. The van der Waals surface area contributed by atoms with Gasteiger partial charge in [0.15, 0.2) is 0 Å². The fourth-order valence-electron chi connectivity index (χ4n) is 4.36. The van der Waals surface area contributed by atoms with Crippen LogP contribution in [-0.2, 0) is 4.74 Å². The lowest BCUT2D eigenvalue weighted by Gasteiger charge is -2.42. The van der Waals surface area contributed by atoms with Crippen molar-refractivity contribution in [3.05, 3.63) is 25.3 Å². The van der Waals surface area contributed by atoms with Gasteiger partial charge in [0.25, 0.3) is 0 Å². The number of allylic oxidation sites excluding steroid dienone is 2. The first-order valence-electron chi connectivity index (χ1n) is 7.96. The van der Waals surface area contributed by atoms with Crippen LogP contribution < -0.4 is 0 Å². The molecule has 108 valence electrons. The molecule has 0 aromatic carbocycles. The second kappa shape index (κ2) is 5.83. The predicted molar refractivity (Wildman–Crippen MR) is 82.2 cm³/mol. The van der Waals surface area contributed by atoms with Gasteiger partial charge in [0, 0.05) is 0 Å².